The second-order valence-electron chi connectivity index (χ2n) is 5.32. The number of ether oxygens (including phenoxy) is 1. The molecule has 0 aliphatic heterocycles. The van der Waals surface area contributed by atoms with Crippen LogP contribution in [0, 0.1) is 0 Å². The Morgan fingerprint density at radius 2 is 1.91 bits per heavy atom. The van der Waals surface area contributed by atoms with E-state index in [2.05, 4.69) is 28.6 Å². The van der Waals surface area contributed by atoms with Gasteiger partial charge in [-0.15, -0.1) is 5.10 Å². The van der Waals surface area contributed by atoms with Crippen LogP contribution in [0.2, 0.25) is 0 Å². The van der Waals surface area contributed by atoms with E-state index in [1.165, 1.54) is 0 Å². The SMILES string of the molecule is COc1ccc(NCCC(C)n2nnc3ccccc32)cc1. The number of hydrogen-bond acceptors (Lipinski definition) is 4. The highest BCUT2D eigenvalue weighted by Crippen LogP contribution is 2.19. The number of fused-ring (bicyclic) bond motifs is 1. The number of rotatable bonds is 6. The normalized spacial score (nSPS) is 12.3. The molecule has 2 aromatic carbocycles. The summed E-state index contributed by atoms with van der Waals surface area (Å²) < 4.78 is 7.15. The van der Waals surface area contributed by atoms with Crippen LogP contribution >= 0.6 is 0 Å². The maximum Gasteiger partial charge on any atom is 0.119 e. The van der Waals surface area contributed by atoms with E-state index >= 15 is 0 Å². The highest BCUT2D eigenvalue weighted by molar-refractivity contribution is 5.73. The van der Waals surface area contributed by atoms with Crippen molar-refractivity contribution in [2.75, 3.05) is 19.0 Å². The van der Waals surface area contributed by atoms with E-state index in [0.29, 0.717) is 0 Å². The molecule has 0 bridgehead atoms. The second kappa shape index (κ2) is 6.47. The van der Waals surface area contributed by atoms with Crippen LogP contribution in [0.25, 0.3) is 11.0 Å². The molecule has 0 aliphatic carbocycles. The molecule has 0 fully saturated rings. The molecule has 1 atom stereocenters. The van der Waals surface area contributed by atoms with Crippen molar-refractivity contribution in [3.63, 3.8) is 0 Å². The average molecular weight is 296 g/mol. The number of benzene rings is 2. The summed E-state index contributed by atoms with van der Waals surface area (Å²) in [7, 11) is 1.67. The number of para-hydroxylation sites is 1. The summed E-state index contributed by atoms with van der Waals surface area (Å²) >= 11 is 0. The lowest BCUT2D eigenvalue weighted by Gasteiger charge is -2.14. The van der Waals surface area contributed by atoms with Crippen molar-refractivity contribution >= 4 is 16.7 Å². The van der Waals surface area contributed by atoms with Gasteiger partial charge in [-0.05, 0) is 49.7 Å². The summed E-state index contributed by atoms with van der Waals surface area (Å²) in [5.41, 5.74) is 3.12. The number of anilines is 1. The quantitative estimate of drug-likeness (QED) is 0.756. The highest BCUT2D eigenvalue weighted by atomic mass is 16.5. The Bertz CT molecular complexity index is 736. The predicted octanol–water partition coefficient (Wildman–Crippen LogP) is 3.50. The summed E-state index contributed by atoms with van der Waals surface area (Å²) in [5, 5.41) is 11.9. The fraction of sp³-hybridized carbons (Fsp3) is 0.294. The molecule has 114 valence electrons. The van der Waals surface area contributed by atoms with Crippen molar-refractivity contribution in [1.82, 2.24) is 15.0 Å². The summed E-state index contributed by atoms with van der Waals surface area (Å²) in [6.45, 7) is 3.04. The number of methoxy groups -OCH3 is 1. The van der Waals surface area contributed by atoms with E-state index in [1.54, 1.807) is 7.11 Å². The minimum absolute atomic E-state index is 0.290. The molecule has 0 radical (unpaired) electrons. The van der Waals surface area contributed by atoms with Crippen LogP contribution in [0.1, 0.15) is 19.4 Å². The van der Waals surface area contributed by atoms with E-state index in [0.717, 1.165) is 35.4 Å². The standard InChI is InChI=1S/C17H20N4O/c1-13(21-17-6-4-3-5-16(17)19-20-21)11-12-18-14-7-9-15(22-2)10-8-14/h3-10,13,18H,11-12H2,1-2H3. The fourth-order valence-corrected chi connectivity index (χ4v) is 2.47. The van der Waals surface area contributed by atoms with Crippen LogP contribution in [0.15, 0.2) is 48.5 Å². The topological polar surface area (TPSA) is 52.0 Å². The van der Waals surface area contributed by atoms with Crippen LogP contribution in [0.4, 0.5) is 5.69 Å². The molecule has 0 aliphatic rings. The Labute approximate surface area is 129 Å². The number of aromatic nitrogens is 3. The van der Waals surface area contributed by atoms with Crippen LogP contribution in [0.5, 0.6) is 5.75 Å². The van der Waals surface area contributed by atoms with E-state index in [1.807, 2.05) is 47.1 Å². The van der Waals surface area contributed by atoms with Crippen LogP contribution < -0.4 is 10.1 Å². The lowest BCUT2D eigenvalue weighted by atomic mass is 10.2. The zero-order chi connectivity index (χ0) is 15.4. The van der Waals surface area contributed by atoms with Gasteiger partial charge in [0, 0.05) is 12.2 Å². The number of nitrogens with zero attached hydrogens (tertiary/aromatic N) is 3. The molecule has 1 unspecified atom stereocenters. The maximum atomic E-state index is 5.16. The molecule has 3 aromatic rings. The predicted molar refractivity (Wildman–Crippen MR) is 88.3 cm³/mol. The van der Waals surface area contributed by atoms with Gasteiger partial charge in [0.05, 0.1) is 18.7 Å². The molecule has 1 aromatic heterocycles. The Balaban J connectivity index is 1.59. The van der Waals surface area contributed by atoms with E-state index < -0.39 is 0 Å². The summed E-state index contributed by atoms with van der Waals surface area (Å²) in [6.07, 6.45) is 0.972. The van der Waals surface area contributed by atoms with Gasteiger partial charge in [-0.2, -0.15) is 0 Å². The molecule has 5 nitrogen and oxygen atoms in total. The Morgan fingerprint density at radius 1 is 1.14 bits per heavy atom. The monoisotopic (exact) mass is 296 g/mol. The first kappa shape index (κ1) is 14.4. The molecule has 0 saturated heterocycles. The minimum Gasteiger partial charge on any atom is -0.497 e. The summed E-state index contributed by atoms with van der Waals surface area (Å²) in [6, 6.07) is 16.3. The Morgan fingerprint density at radius 3 is 2.68 bits per heavy atom. The first-order valence-electron chi connectivity index (χ1n) is 7.46. The van der Waals surface area contributed by atoms with Gasteiger partial charge in [0.1, 0.15) is 11.3 Å². The van der Waals surface area contributed by atoms with Crippen LogP contribution in [-0.2, 0) is 0 Å². The lowest BCUT2D eigenvalue weighted by Crippen LogP contribution is -2.12. The molecule has 5 heteroatoms. The maximum absolute atomic E-state index is 5.16. The minimum atomic E-state index is 0.290. The molecule has 0 spiro atoms. The molecule has 0 amide bonds. The zero-order valence-electron chi connectivity index (χ0n) is 12.9. The van der Waals surface area contributed by atoms with Crippen molar-refractivity contribution < 1.29 is 4.74 Å². The third-order valence-corrected chi connectivity index (χ3v) is 3.78. The molecular weight excluding hydrogens is 276 g/mol. The molecular formula is C17H20N4O. The van der Waals surface area contributed by atoms with Gasteiger partial charge >= 0.3 is 0 Å². The van der Waals surface area contributed by atoms with E-state index in [9.17, 15) is 0 Å². The molecule has 3 rings (SSSR count). The van der Waals surface area contributed by atoms with Crippen molar-refractivity contribution in [2.45, 2.75) is 19.4 Å². The number of hydrogen-bond donors (Lipinski definition) is 1. The van der Waals surface area contributed by atoms with E-state index in [-0.39, 0.29) is 6.04 Å². The molecule has 0 saturated carbocycles. The molecule has 22 heavy (non-hydrogen) atoms. The van der Waals surface area contributed by atoms with Crippen LogP contribution in [-0.4, -0.2) is 28.6 Å². The van der Waals surface area contributed by atoms with Crippen molar-refractivity contribution in [3.05, 3.63) is 48.5 Å². The Kier molecular flexibility index (Phi) is 4.23. The van der Waals surface area contributed by atoms with Crippen molar-refractivity contribution in [1.29, 1.82) is 0 Å². The molecule has 1 N–H and O–H groups in total. The lowest BCUT2D eigenvalue weighted by molar-refractivity contribution is 0.415. The van der Waals surface area contributed by atoms with Gasteiger partial charge < -0.3 is 10.1 Å². The Hall–Kier alpha value is -2.56. The van der Waals surface area contributed by atoms with Crippen molar-refractivity contribution in [3.8, 4) is 5.75 Å². The zero-order valence-corrected chi connectivity index (χ0v) is 12.9. The first-order chi connectivity index (χ1) is 10.8. The third-order valence-electron chi connectivity index (χ3n) is 3.78. The van der Waals surface area contributed by atoms with Gasteiger partial charge in [-0.3, -0.25) is 0 Å². The van der Waals surface area contributed by atoms with Gasteiger partial charge in [-0.1, -0.05) is 17.3 Å². The van der Waals surface area contributed by atoms with Crippen molar-refractivity contribution in [2.24, 2.45) is 0 Å². The smallest absolute Gasteiger partial charge is 0.119 e. The average Bonchev–Trinajstić information content (AvgIpc) is 2.99. The fourth-order valence-electron chi connectivity index (χ4n) is 2.47. The first-order valence-corrected chi connectivity index (χ1v) is 7.46. The third kappa shape index (κ3) is 3.03. The molecule has 1 heterocycles. The summed E-state index contributed by atoms with van der Waals surface area (Å²) in [4.78, 5) is 0. The van der Waals surface area contributed by atoms with Gasteiger partial charge in [0.2, 0.25) is 0 Å². The van der Waals surface area contributed by atoms with Crippen LogP contribution in [0.3, 0.4) is 0 Å². The highest BCUT2D eigenvalue weighted by Gasteiger charge is 2.10. The summed E-state index contributed by atoms with van der Waals surface area (Å²) in [5.74, 6) is 0.869. The largest absolute Gasteiger partial charge is 0.497 e. The van der Waals surface area contributed by atoms with E-state index in [4.69, 9.17) is 4.74 Å². The second-order valence-corrected chi connectivity index (χ2v) is 5.32. The van der Waals surface area contributed by atoms with Gasteiger partial charge in [-0.25, -0.2) is 4.68 Å². The van der Waals surface area contributed by atoms with Gasteiger partial charge in [0.25, 0.3) is 0 Å². The number of nitrogens with one attached hydrogen (secondary N) is 1. The van der Waals surface area contributed by atoms with Gasteiger partial charge in [0.15, 0.2) is 0 Å².